The highest BCUT2D eigenvalue weighted by molar-refractivity contribution is 6.34. The zero-order chi connectivity index (χ0) is 16.2. The quantitative estimate of drug-likeness (QED) is 0.810. The summed E-state index contributed by atoms with van der Waals surface area (Å²) in [6.45, 7) is 5.02. The van der Waals surface area contributed by atoms with E-state index >= 15 is 0 Å². The maximum atomic E-state index is 12.0. The molecule has 1 aliphatic heterocycles. The SMILES string of the molecule is CC(=O)c1c(Cl)cccc1N1CCCN(c2cccnn2)CC1. The van der Waals surface area contributed by atoms with Gasteiger partial charge in [-0.1, -0.05) is 17.7 Å². The molecule has 5 nitrogen and oxygen atoms in total. The molecule has 120 valence electrons. The average molecular weight is 331 g/mol. The first-order chi connectivity index (χ1) is 11.2. The fourth-order valence-electron chi connectivity index (χ4n) is 2.97. The van der Waals surface area contributed by atoms with Crippen LogP contribution in [-0.4, -0.2) is 42.2 Å². The van der Waals surface area contributed by atoms with E-state index in [-0.39, 0.29) is 5.78 Å². The number of anilines is 2. The van der Waals surface area contributed by atoms with E-state index in [1.807, 2.05) is 24.3 Å². The van der Waals surface area contributed by atoms with Crippen LogP contribution in [0.1, 0.15) is 23.7 Å². The number of rotatable bonds is 3. The molecule has 1 saturated heterocycles. The van der Waals surface area contributed by atoms with Gasteiger partial charge in [-0.25, -0.2) is 0 Å². The van der Waals surface area contributed by atoms with Crippen molar-refractivity contribution in [2.45, 2.75) is 13.3 Å². The van der Waals surface area contributed by atoms with E-state index < -0.39 is 0 Å². The topological polar surface area (TPSA) is 49.3 Å². The monoisotopic (exact) mass is 330 g/mol. The van der Waals surface area contributed by atoms with Crippen molar-refractivity contribution < 1.29 is 4.79 Å². The van der Waals surface area contributed by atoms with Crippen molar-refractivity contribution in [3.63, 3.8) is 0 Å². The van der Waals surface area contributed by atoms with Gasteiger partial charge in [0.1, 0.15) is 0 Å². The van der Waals surface area contributed by atoms with E-state index in [1.54, 1.807) is 19.2 Å². The van der Waals surface area contributed by atoms with Gasteiger partial charge in [0.2, 0.25) is 0 Å². The molecule has 0 bridgehead atoms. The minimum absolute atomic E-state index is 0.000583. The Morgan fingerprint density at radius 3 is 2.61 bits per heavy atom. The molecule has 0 atom stereocenters. The predicted molar refractivity (Wildman–Crippen MR) is 92.5 cm³/mol. The van der Waals surface area contributed by atoms with Gasteiger partial charge in [-0.05, 0) is 37.6 Å². The number of carbonyl (C=O) groups is 1. The Hall–Kier alpha value is -2.14. The molecular weight excluding hydrogens is 312 g/mol. The normalized spacial score (nSPS) is 15.4. The van der Waals surface area contributed by atoms with Crippen LogP contribution in [0.2, 0.25) is 5.02 Å². The van der Waals surface area contributed by atoms with Crippen LogP contribution in [0, 0.1) is 0 Å². The molecule has 1 aliphatic rings. The van der Waals surface area contributed by atoms with E-state index in [0.717, 1.165) is 44.1 Å². The zero-order valence-electron chi connectivity index (χ0n) is 13.1. The zero-order valence-corrected chi connectivity index (χ0v) is 13.8. The van der Waals surface area contributed by atoms with Gasteiger partial charge in [0.25, 0.3) is 0 Å². The van der Waals surface area contributed by atoms with Gasteiger partial charge in [0, 0.05) is 38.1 Å². The second-order valence-corrected chi connectivity index (χ2v) is 6.01. The Morgan fingerprint density at radius 2 is 1.87 bits per heavy atom. The van der Waals surface area contributed by atoms with Crippen molar-refractivity contribution in [3.8, 4) is 0 Å². The molecule has 0 amide bonds. The molecule has 0 N–H and O–H groups in total. The molecular formula is C17H19ClN4O. The molecule has 0 radical (unpaired) electrons. The molecule has 2 heterocycles. The number of carbonyl (C=O) groups excluding carboxylic acids is 1. The third kappa shape index (κ3) is 3.45. The number of ketones is 1. The van der Waals surface area contributed by atoms with E-state index in [4.69, 9.17) is 11.6 Å². The van der Waals surface area contributed by atoms with Crippen LogP contribution in [0.15, 0.2) is 36.5 Å². The lowest BCUT2D eigenvalue weighted by Gasteiger charge is -2.26. The summed E-state index contributed by atoms with van der Waals surface area (Å²) in [5.41, 5.74) is 1.54. The predicted octanol–water partition coefficient (Wildman–Crippen LogP) is 3.05. The number of halogens is 1. The van der Waals surface area contributed by atoms with Gasteiger partial charge in [-0.2, -0.15) is 5.10 Å². The second kappa shape index (κ2) is 6.96. The Kier molecular flexibility index (Phi) is 4.76. The molecule has 0 saturated carbocycles. The summed E-state index contributed by atoms with van der Waals surface area (Å²) in [6, 6.07) is 9.51. The summed E-state index contributed by atoms with van der Waals surface area (Å²) in [6.07, 6.45) is 2.67. The van der Waals surface area contributed by atoms with Crippen molar-refractivity contribution in [1.82, 2.24) is 10.2 Å². The van der Waals surface area contributed by atoms with Crippen LogP contribution in [0.5, 0.6) is 0 Å². The maximum Gasteiger partial charge on any atom is 0.163 e. The lowest BCUT2D eigenvalue weighted by Crippen LogP contribution is -2.32. The fraction of sp³-hybridized carbons (Fsp3) is 0.353. The summed E-state index contributed by atoms with van der Waals surface area (Å²) in [5, 5.41) is 8.65. The first-order valence-electron chi connectivity index (χ1n) is 7.74. The number of Topliss-reactive ketones (excluding diaryl/α,β-unsaturated/α-hetero) is 1. The number of nitrogens with zero attached hydrogens (tertiary/aromatic N) is 4. The Labute approximate surface area is 140 Å². The highest BCUT2D eigenvalue weighted by Gasteiger charge is 2.21. The minimum atomic E-state index is 0.000583. The molecule has 1 aromatic carbocycles. The lowest BCUT2D eigenvalue weighted by atomic mass is 10.1. The van der Waals surface area contributed by atoms with Crippen molar-refractivity contribution >= 4 is 28.9 Å². The second-order valence-electron chi connectivity index (χ2n) is 5.60. The molecule has 0 spiro atoms. The number of hydrogen-bond acceptors (Lipinski definition) is 5. The molecule has 0 unspecified atom stereocenters. The Balaban J connectivity index is 1.81. The van der Waals surface area contributed by atoms with Crippen molar-refractivity contribution in [2.24, 2.45) is 0 Å². The standard InChI is InChI=1S/C17H19ClN4O/c1-13(23)17-14(18)5-2-6-15(17)21-9-4-10-22(12-11-21)16-7-3-8-19-20-16/h2-3,5-8H,4,9-12H2,1H3. The molecule has 23 heavy (non-hydrogen) atoms. The summed E-state index contributed by atoms with van der Waals surface area (Å²) in [5.74, 6) is 0.896. The number of aromatic nitrogens is 2. The molecule has 1 fully saturated rings. The molecule has 1 aromatic heterocycles. The summed E-state index contributed by atoms with van der Waals surface area (Å²) < 4.78 is 0. The van der Waals surface area contributed by atoms with Gasteiger partial charge in [0.15, 0.2) is 11.6 Å². The van der Waals surface area contributed by atoms with Crippen LogP contribution in [-0.2, 0) is 0 Å². The minimum Gasteiger partial charge on any atom is -0.369 e. The van der Waals surface area contributed by atoms with Gasteiger partial charge in [-0.15, -0.1) is 5.10 Å². The third-order valence-corrected chi connectivity index (χ3v) is 4.38. The summed E-state index contributed by atoms with van der Waals surface area (Å²) in [4.78, 5) is 16.4. The lowest BCUT2D eigenvalue weighted by molar-refractivity contribution is 0.101. The number of hydrogen-bond donors (Lipinski definition) is 0. The van der Waals surface area contributed by atoms with E-state index in [9.17, 15) is 4.79 Å². The first-order valence-corrected chi connectivity index (χ1v) is 8.11. The summed E-state index contributed by atoms with van der Waals surface area (Å²) in [7, 11) is 0. The molecule has 2 aromatic rings. The Bertz CT molecular complexity index is 692. The summed E-state index contributed by atoms with van der Waals surface area (Å²) >= 11 is 6.23. The van der Waals surface area contributed by atoms with E-state index in [2.05, 4.69) is 20.0 Å². The first kappa shape index (κ1) is 15.7. The van der Waals surface area contributed by atoms with E-state index in [1.165, 1.54) is 0 Å². The van der Waals surface area contributed by atoms with Gasteiger partial charge in [-0.3, -0.25) is 4.79 Å². The smallest absolute Gasteiger partial charge is 0.163 e. The van der Waals surface area contributed by atoms with Crippen LogP contribution < -0.4 is 9.80 Å². The highest BCUT2D eigenvalue weighted by Crippen LogP contribution is 2.29. The maximum absolute atomic E-state index is 12.0. The Morgan fingerprint density at radius 1 is 1.09 bits per heavy atom. The number of benzene rings is 1. The molecule has 3 rings (SSSR count). The van der Waals surface area contributed by atoms with Crippen LogP contribution in [0.3, 0.4) is 0 Å². The largest absolute Gasteiger partial charge is 0.369 e. The molecule has 0 aliphatic carbocycles. The van der Waals surface area contributed by atoms with Crippen LogP contribution in [0.25, 0.3) is 0 Å². The van der Waals surface area contributed by atoms with Gasteiger partial charge >= 0.3 is 0 Å². The van der Waals surface area contributed by atoms with Crippen molar-refractivity contribution in [2.75, 3.05) is 36.0 Å². The van der Waals surface area contributed by atoms with Crippen molar-refractivity contribution in [3.05, 3.63) is 47.1 Å². The van der Waals surface area contributed by atoms with Crippen LogP contribution in [0.4, 0.5) is 11.5 Å². The average Bonchev–Trinajstić information content (AvgIpc) is 2.81. The van der Waals surface area contributed by atoms with E-state index in [0.29, 0.717) is 10.6 Å². The molecule has 6 heteroatoms. The van der Waals surface area contributed by atoms with Gasteiger partial charge in [0.05, 0.1) is 10.6 Å². The fourth-order valence-corrected chi connectivity index (χ4v) is 3.28. The highest BCUT2D eigenvalue weighted by atomic mass is 35.5. The van der Waals surface area contributed by atoms with Crippen molar-refractivity contribution in [1.29, 1.82) is 0 Å². The van der Waals surface area contributed by atoms with Gasteiger partial charge < -0.3 is 9.80 Å². The third-order valence-electron chi connectivity index (χ3n) is 4.06. The van der Waals surface area contributed by atoms with Crippen LogP contribution >= 0.6 is 11.6 Å².